The van der Waals surface area contributed by atoms with Gasteiger partial charge in [0.2, 0.25) is 5.91 Å². The largest absolute Gasteiger partial charge is 0.438 e. The van der Waals surface area contributed by atoms with Crippen molar-refractivity contribution in [2.45, 2.75) is 63.5 Å². The van der Waals surface area contributed by atoms with E-state index in [1.807, 2.05) is 65.6 Å². The molecule has 2 aromatic rings. The summed E-state index contributed by atoms with van der Waals surface area (Å²) >= 11 is 0. The molecule has 32 heavy (non-hydrogen) atoms. The monoisotopic (exact) mass is 434 g/mol. The number of likely N-dealkylation sites (tertiary alicyclic amines) is 1. The summed E-state index contributed by atoms with van der Waals surface area (Å²) in [4.78, 5) is 27.5. The lowest BCUT2D eigenvalue weighted by atomic mass is 9.84. The molecule has 0 radical (unpaired) electrons. The third kappa shape index (κ3) is 5.70. The number of amides is 2. The van der Waals surface area contributed by atoms with E-state index in [0.717, 1.165) is 23.5 Å². The van der Waals surface area contributed by atoms with E-state index < -0.39 is 11.7 Å². The average Bonchev–Trinajstić information content (AvgIpc) is 3.37. The first kappa shape index (κ1) is 22.4. The third-order valence-corrected chi connectivity index (χ3v) is 7.03. The van der Waals surface area contributed by atoms with Crippen LogP contribution in [0.1, 0.15) is 62.5 Å². The van der Waals surface area contributed by atoms with Crippen LogP contribution in [0.15, 0.2) is 60.7 Å². The molecule has 1 aliphatic carbocycles. The molecule has 2 aliphatic rings. The van der Waals surface area contributed by atoms with Gasteiger partial charge >= 0.3 is 6.09 Å². The summed E-state index contributed by atoms with van der Waals surface area (Å²) in [6.45, 7) is 1.66. The summed E-state index contributed by atoms with van der Waals surface area (Å²) in [6, 6.07) is 19.8. The van der Waals surface area contributed by atoms with E-state index in [0.29, 0.717) is 38.9 Å². The van der Waals surface area contributed by atoms with Crippen LogP contribution >= 0.6 is 0 Å². The number of hydrogen-bond donors (Lipinski definition) is 1. The van der Waals surface area contributed by atoms with Gasteiger partial charge < -0.3 is 15.0 Å². The van der Waals surface area contributed by atoms with Gasteiger partial charge in [0.1, 0.15) is 5.60 Å². The zero-order chi connectivity index (χ0) is 22.2. The molecule has 0 atom stereocenters. The Kier molecular flexibility index (Phi) is 7.46. The fourth-order valence-electron chi connectivity index (χ4n) is 5.08. The smallest absolute Gasteiger partial charge is 0.408 e. The molecule has 1 saturated carbocycles. The molecule has 170 valence electrons. The standard InChI is InChI=1S/C27H34N2O3/c30-25(16-15-22-9-7-8-10-22)29-19-17-27(18-20-29,24-13-5-2-6-14-24)32-26(31)28-21-23-11-3-1-4-12-23/h1-6,11-14,22H,7-10,15-21H2,(H,28,31). The third-order valence-electron chi connectivity index (χ3n) is 7.03. The van der Waals surface area contributed by atoms with Crippen molar-refractivity contribution in [1.29, 1.82) is 0 Å². The fraction of sp³-hybridized carbons (Fsp3) is 0.481. The number of nitrogens with one attached hydrogen (secondary N) is 1. The summed E-state index contributed by atoms with van der Waals surface area (Å²) < 4.78 is 6.07. The Morgan fingerprint density at radius 1 is 0.938 bits per heavy atom. The van der Waals surface area contributed by atoms with Gasteiger partial charge in [0, 0.05) is 38.9 Å². The van der Waals surface area contributed by atoms with Gasteiger partial charge in [0.15, 0.2) is 0 Å². The van der Waals surface area contributed by atoms with Crippen LogP contribution < -0.4 is 5.32 Å². The molecule has 5 heteroatoms. The first-order valence-corrected chi connectivity index (χ1v) is 12.0. The first-order valence-electron chi connectivity index (χ1n) is 12.0. The Morgan fingerprint density at radius 3 is 2.22 bits per heavy atom. The van der Waals surface area contributed by atoms with E-state index in [4.69, 9.17) is 4.74 Å². The van der Waals surface area contributed by atoms with E-state index in [1.54, 1.807) is 0 Å². The van der Waals surface area contributed by atoms with E-state index in [9.17, 15) is 9.59 Å². The van der Waals surface area contributed by atoms with Crippen LogP contribution in [0.2, 0.25) is 0 Å². The van der Waals surface area contributed by atoms with Gasteiger partial charge in [-0.05, 0) is 23.5 Å². The molecule has 1 aliphatic heterocycles. The molecule has 0 bridgehead atoms. The minimum absolute atomic E-state index is 0.243. The maximum Gasteiger partial charge on any atom is 0.408 e. The van der Waals surface area contributed by atoms with Gasteiger partial charge in [-0.3, -0.25) is 4.79 Å². The molecular formula is C27H34N2O3. The van der Waals surface area contributed by atoms with Crippen LogP contribution in [0.3, 0.4) is 0 Å². The Hall–Kier alpha value is -2.82. The van der Waals surface area contributed by atoms with Gasteiger partial charge in [0.25, 0.3) is 0 Å². The topological polar surface area (TPSA) is 58.6 Å². The number of alkyl carbamates (subject to hydrolysis) is 1. The highest BCUT2D eigenvalue weighted by Gasteiger charge is 2.41. The Balaban J connectivity index is 1.36. The molecule has 2 aromatic carbocycles. The minimum Gasteiger partial charge on any atom is -0.438 e. The number of hydrogen-bond acceptors (Lipinski definition) is 3. The molecule has 2 amide bonds. The quantitative estimate of drug-likeness (QED) is 0.635. The second kappa shape index (κ2) is 10.7. The zero-order valence-electron chi connectivity index (χ0n) is 18.8. The van der Waals surface area contributed by atoms with Crippen molar-refractivity contribution < 1.29 is 14.3 Å². The molecule has 1 N–H and O–H groups in total. The van der Waals surface area contributed by atoms with Gasteiger partial charge in [-0.15, -0.1) is 0 Å². The summed E-state index contributed by atoms with van der Waals surface area (Å²) in [6.07, 6.45) is 7.64. The summed E-state index contributed by atoms with van der Waals surface area (Å²) in [5, 5.41) is 2.88. The van der Waals surface area contributed by atoms with Crippen LogP contribution in [0.4, 0.5) is 4.79 Å². The van der Waals surface area contributed by atoms with Crippen molar-refractivity contribution in [2.75, 3.05) is 13.1 Å². The van der Waals surface area contributed by atoms with Crippen LogP contribution in [-0.2, 0) is 21.7 Å². The normalized spacial score (nSPS) is 18.3. The SMILES string of the molecule is O=C(NCc1ccccc1)OC1(c2ccccc2)CCN(C(=O)CCC2CCCC2)CC1. The number of carbonyl (C=O) groups excluding carboxylic acids is 2. The lowest BCUT2D eigenvalue weighted by Gasteiger charge is -2.41. The number of ether oxygens (including phenoxy) is 1. The van der Waals surface area contributed by atoms with Crippen molar-refractivity contribution in [1.82, 2.24) is 10.2 Å². The minimum atomic E-state index is -0.704. The van der Waals surface area contributed by atoms with Crippen molar-refractivity contribution in [3.63, 3.8) is 0 Å². The van der Waals surface area contributed by atoms with E-state index in [2.05, 4.69) is 5.32 Å². The van der Waals surface area contributed by atoms with Crippen molar-refractivity contribution in [3.8, 4) is 0 Å². The van der Waals surface area contributed by atoms with Crippen LogP contribution in [0, 0.1) is 5.92 Å². The Morgan fingerprint density at radius 2 is 1.56 bits per heavy atom. The molecule has 5 nitrogen and oxygen atoms in total. The van der Waals surface area contributed by atoms with Crippen molar-refractivity contribution in [2.24, 2.45) is 5.92 Å². The number of nitrogens with zero attached hydrogens (tertiary/aromatic N) is 1. The number of carbonyl (C=O) groups is 2. The highest BCUT2D eigenvalue weighted by atomic mass is 16.6. The van der Waals surface area contributed by atoms with Crippen molar-refractivity contribution in [3.05, 3.63) is 71.8 Å². The molecule has 4 rings (SSSR count). The lowest BCUT2D eigenvalue weighted by Crippen LogP contribution is -2.48. The second-order valence-electron chi connectivity index (χ2n) is 9.16. The van der Waals surface area contributed by atoms with E-state index in [-0.39, 0.29) is 5.91 Å². The molecule has 2 fully saturated rings. The predicted octanol–water partition coefficient (Wildman–Crippen LogP) is 5.40. The molecule has 0 unspecified atom stereocenters. The zero-order valence-corrected chi connectivity index (χ0v) is 18.8. The highest BCUT2D eigenvalue weighted by Crippen LogP contribution is 2.37. The molecule has 1 saturated heterocycles. The predicted molar refractivity (Wildman–Crippen MR) is 125 cm³/mol. The van der Waals surface area contributed by atoms with Gasteiger partial charge in [-0.2, -0.15) is 0 Å². The molecule has 1 heterocycles. The van der Waals surface area contributed by atoms with Gasteiger partial charge in [-0.25, -0.2) is 4.79 Å². The van der Waals surface area contributed by atoms with Gasteiger partial charge in [-0.1, -0.05) is 86.3 Å². The molecule has 0 spiro atoms. The van der Waals surface area contributed by atoms with Crippen LogP contribution in [0.5, 0.6) is 0 Å². The first-order chi connectivity index (χ1) is 15.6. The molecule has 0 aromatic heterocycles. The Labute approximate surface area is 191 Å². The van der Waals surface area contributed by atoms with E-state index >= 15 is 0 Å². The summed E-state index contributed by atoms with van der Waals surface area (Å²) in [5.74, 6) is 0.968. The highest BCUT2D eigenvalue weighted by molar-refractivity contribution is 5.76. The van der Waals surface area contributed by atoms with Crippen LogP contribution in [-0.4, -0.2) is 30.0 Å². The maximum atomic E-state index is 12.8. The second-order valence-corrected chi connectivity index (χ2v) is 9.16. The number of rotatable bonds is 7. The summed E-state index contributed by atoms with van der Waals surface area (Å²) in [7, 11) is 0. The van der Waals surface area contributed by atoms with Crippen LogP contribution in [0.25, 0.3) is 0 Å². The Bertz CT molecular complexity index is 870. The maximum absolute atomic E-state index is 12.8. The lowest BCUT2D eigenvalue weighted by molar-refractivity contribution is -0.136. The van der Waals surface area contributed by atoms with Crippen molar-refractivity contribution >= 4 is 12.0 Å². The number of piperidine rings is 1. The average molecular weight is 435 g/mol. The summed E-state index contributed by atoms with van der Waals surface area (Å²) in [5.41, 5.74) is 1.32. The number of benzene rings is 2. The molecular weight excluding hydrogens is 400 g/mol. The van der Waals surface area contributed by atoms with E-state index in [1.165, 1.54) is 25.7 Å². The van der Waals surface area contributed by atoms with Gasteiger partial charge in [0.05, 0.1) is 0 Å². The fourth-order valence-corrected chi connectivity index (χ4v) is 5.08.